The number of hydrogen-bond donors (Lipinski definition) is 1. The van der Waals surface area contributed by atoms with Gasteiger partial charge in [0, 0.05) is 31.9 Å². The number of hydrazine groups is 1. The lowest BCUT2D eigenvalue weighted by atomic mass is 10.1. The molecule has 0 amide bonds. The molecule has 0 aromatic heterocycles. The average molecular weight is 336 g/mol. The van der Waals surface area contributed by atoms with Gasteiger partial charge in [0.1, 0.15) is 0 Å². The minimum Gasteiger partial charge on any atom is -0.309 e. The zero-order valence-corrected chi connectivity index (χ0v) is 15.5. The van der Waals surface area contributed by atoms with E-state index in [1.807, 2.05) is 13.0 Å². The highest BCUT2D eigenvalue weighted by molar-refractivity contribution is 5.39. The Morgan fingerprint density at radius 1 is 1.32 bits per heavy atom. The van der Waals surface area contributed by atoms with Crippen LogP contribution in [-0.2, 0) is 6.54 Å². The van der Waals surface area contributed by atoms with E-state index < -0.39 is 0 Å². The van der Waals surface area contributed by atoms with Crippen molar-refractivity contribution in [2.24, 2.45) is 4.99 Å². The van der Waals surface area contributed by atoms with Crippen molar-refractivity contribution in [3.8, 4) is 0 Å². The van der Waals surface area contributed by atoms with Gasteiger partial charge in [0.25, 0.3) is 0 Å². The van der Waals surface area contributed by atoms with E-state index in [0.717, 1.165) is 37.4 Å². The summed E-state index contributed by atoms with van der Waals surface area (Å²) in [7, 11) is 0. The summed E-state index contributed by atoms with van der Waals surface area (Å²) in [4.78, 5) is 6.77. The van der Waals surface area contributed by atoms with Crippen LogP contribution in [-0.4, -0.2) is 42.3 Å². The number of allylic oxidation sites excluding steroid dienone is 3. The Labute approximate surface area is 151 Å². The van der Waals surface area contributed by atoms with Crippen molar-refractivity contribution >= 4 is 6.72 Å². The predicted octanol–water partition coefficient (Wildman–Crippen LogP) is 3.43. The Kier molecular flexibility index (Phi) is 5.51. The van der Waals surface area contributed by atoms with Gasteiger partial charge in [-0.25, -0.2) is 5.43 Å². The lowest BCUT2D eigenvalue weighted by Crippen LogP contribution is -2.48. The predicted molar refractivity (Wildman–Crippen MR) is 105 cm³/mol. The molecule has 2 aliphatic heterocycles. The minimum atomic E-state index is 0.114. The molecule has 1 fully saturated rings. The molecule has 1 saturated heterocycles. The fourth-order valence-electron chi connectivity index (χ4n) is 3.50. The maximum atomic E-state index is 4.27. The Balaban J connectivity index is 1.70. The highest BCUT2D eigenvalue weighted by Gasteiger charge is 2.30. The highest BCUT2D eigenvalue weighted by Crippen LogP contribution is 2.24. The molecule has 1 atom stereocenters. The first-order valence-corrected chi connectivity index (χ1v) is 8.93. The number of benzene rings is 1. The van der Waals surface area contributed by atoms with Gasteiger partial charge < -0.3 is 5.01 Å². The van der Waals surface area contributed by atoms with Crippen molar-refractivity contribution < 1.29 is 0 Å². The topological polar surface area (TPSA) is 30.9 Å². The third-order valence-corrected chi connectivity index (χ3v) is 4.84. The van der Waals surface area contributed by atoms with Gasteiger partial charge in [-0.2, -0.15) is 0 Å². The van der Waals surface area contributed by atoms with Crippen molar-refractivity contribution in [2.75, 3.05) is 19.6 Å². The second-order valence-electron chi connectivity index (χ2n) is 6.84. The SMILES string of the molecule is C=N/C(=C(C)\C=C/C)C1C=C2CN(Cc3ccc(C)cc3)CCN2N1. The second kappa shape index (κ2) is 7.81. The fraction of sp³-hybridized carbons (Fsp3) is 0.381. The van der Waals surface area contributed by atoms with Crippen LogP contribution in [0, 0.1) is 6.92 Å². The average Bonchev–Trinajstić information content (AvgIpc) is 3.00. The molecule has 0 saturated carbocycles. The van der Waals surface area contributed by atoms with E-state index in [1.165, 1.54) is 16.8 Å². The van der Waals surface area contributed by atoms with Crippen LogP contribution in [0.3, 0.4) is 0 Å². The molecule has 4 heteroatoms. The molecule has 2 aliphatic rings. The maximum absolute atomic E-state index is 4.27. The Morgan fingerprint density at radius 2 is 2.08 bits per heavy atom. The summed E-state index contributed by atoms with van der Waals surface area (Å²) in [5.41, 5.74) is 9.74. The smallest absolute Gasteiger partial charge is 0.0887 e. The molecule has 1 unspecified atom stereocenters. The van der Waals surface area contributed by atoms with Crippen LogP contribution in [0.2, 0.25) is 0 Å². The third-order valence-electron chi connectivity index (χ3n) is 4.84. The van der Waals surface area contributed by atoms with E-state index >= 15 is 0 Å². The molecular weight excluding hydrogens is 308 g/mol. The first-order chi connectivity index (χ1) is 12.1. The van der Waals surface area contributed by atoms with Crippen molar-refractivity contribution in [2.45, 2.75) is 33.4 Å². The van der Waals surface area contributed by atoms with Gasteiger partial charge >= 0.3 is 0 Å². The van der Waals surface area contributed by atoms with Crippen LogP contribution >= 0.6 is 0 Å². The summed E-state index contributed by atoms with van der Waals surface area (Å²) in [6.45, 7) is 14.0. The second-order valence-corrected chi connectivity index (χ2v) is 6.84. The molecule has 1 aromatic rings. The largest absolute Gasteiger partial charge is 0.309 e. The quantitative estimate of drug-likeness (QED) is 0.660. The van der Waals surface area contributed by atoms with Crippen LogP contribution in [0.5, 0.6) is 0 Å². The molecule has 3 rings (SSSR count). The summed E-state index contributed by atoms with van der Waals surface area (Å²) in [6.07, 6.45) is 6.42. The van der Waals surface area contributed by atoms with Crippen LogP contribution in [0.25, 0.3) is 0 Å². The number of nitrogens with one attached hydrogen (secondary N) is 1. The van der Waals surface area contributed by atoms with Crippen molar-refractivity contribution in [1.29, 1.82) is 0 Å². The van der Waals surface area contributed by atoms with Gasteiger partial charge in [-0.05, 0) is 44.7 Å². The number of piperazine rings is 1. The molecule has 1 N–H and O–H groups in total. The van der Waals surface area contributed by atoms with Gasteiger partial charge in [0.05, 0.1) is 11.7 Å². The zero-order valence-electron chi connectivity index (χ0n) is 15.5. The lowest BCUT2D eigenvalue weighted by molar-refractivity contribution is 0.142. The molecule has 132 valence electrons. The number of fused-ring (bicyclic) bond motifs is 1. The molecule has 4 nitrogen and oxygen atoms in total. The number of nitrogens with zero attached hydrogens (tertiary/aromatic N) is 3. The molecule has 2 heterocycles. The van der Waals surface area contributed by atoms with Crippen LogP contribution < -0.4 is 5.43 Å². The van der Waals surface area contributed by atoms with Crippen molar-refractivity contribution in [3.63, 3.8) is 0 Å². The third kappa shape index (κ3) is 4.09. The molecule has 1 aromatic carbocycles. The fourth-order valence-corrected chi connectivity index (χ4v) is 3.50. The summed E-state index contributed by atoms with van der Waals surface area (Å²) in [5.74, 6) is 0. The molecule has 0 radical (unpaired) electrons. The molecule has 0 aliphatic carbocycles. The van der Waals surface area contributed by atoms with E-state index in [1.54, 1.807) is 0 Å². The first-order valence-electron chi connectivity index (χ1n) is 8.93. The number of hydrogen-bond acceptors (Lipinski definition) is 4. The van der Waals surface area contributed by atoms with E-state index in [-0.39, 0.29) is 6.04 Å². The molecular formula is C21H28N4. The first kappa shape index (κ1) is 17.6. The van der Waals surface area contributed by atoms with Gasteiger partial charge in [0.15, 0.2) is 0 Å². The van der Waals surface area contributed by atoms with Crippen molar-refractivity contribution in [1.82, 2.24) is 15.3 Å². The van der Waals surface area contributed by atoms with Gasteiger partial charge in [0.2, 0.25) is 0 Å². The number of rotatable bonds is 5. The summed E-state index contributed by atoms with van der Waals surface area (Å²) in [6, 6.07) is 8.95. The maximum Gasteiger partial charge on any atom is 0.0887 e. The molecule has 0 spiro atoms. The van der Waals surface area contributed by atoms with Gasteiger partial charge in [-0.1, -0.05) is 42.0 Å². The van der Waals surface area contributed by atoms with E-state index in [2.05, 4.69) is 77.3 Å². The number of aryl methyl sites for hydroxylation is 1. The van der Waals surface area contributed by atoms with Crippen LogP contribution in [0.15, 0.2) is 64.5 Å². The Bertz CT molecular complexity index is 712. The van der Waals surface area contributed by atoms with Gasteiger partial charge in [-0.15, -0.1) is 0 Å². The van der Waals surface area contributed by atoms with E-state index in [9.17, 15) is 0 Å². The van der Waals surface area contributed by atoms with Crippen molar-refractivity contribution in [3.05, 3.63) is 70.6 Å². The Morgan fingerprint density at radius 3 is 2.76 bits per heavy atom. The molecule has 25 heavy (non-hydrogen) atoms. The zero-order chi connectivity index (χ0) is 17.8. The van der Waals surface area contributed by atoms with Crippen LogP contribution in [0.1, 0.15) is 25.0 Å². The van der Waals surface area contributed by atoms with E-state index in [4.69, 9.17) is 0 Å². The van der Waals surface area contributed by atoms with Crippen LogP contribution in [0.4, 0.5) is 0 Å². The van der Waals surface area contributed by atoms with E-state index in [0.29, 0.717) is 0 Å². The summed E-state index contributed by atoms with van der Waals surface area (Å²) < 4.78 is 0. The Hall–Kier alpha value is -2.17. The summed E-state index contributed by atoms with van der Waals surface area (Å²) in [5, 5.41) is 2.27. The highest BCUT2D eigenvalue weighted by atomic mass is 15.6. The monoisotopic (exact) mass is 336 g/mol. The molecule has 0 bridgehead atoms. The summed E-state index contributed by atoms with van der Waals surface area (Å²) >= 11 is 0. The standard InChI is InChI=1S/C21H28N4/c1-5-6-17(3)21(22-4)20-13-19-15-24(11-12-25(19)23-20)14-18-9-7-16(2)8-10-18/h5-10,13,20,23H,4,11-12,14-15H2,1-3H3/b6-5-,21-17-. The lowest BCUT2D eigenvalue weighted by Gasteiger charge is -2.35. The normalized spacial score (nSPS) is 22.0. The number of aliphatic imine (C=N–C) groups is 1. The van der Waals surface area contributed by atoms with Gasteiger partial charge in [-0.3, -0.25) is 9.89 Å². The minimum absolute atomic E-state index is 0.114.